The fourth-order valence-corrected chi connectivity index (χ4v) is 8.49. The Morgan fingerprint density at radius 3 is 2.61 bits per heavy atom. The van der Waals surface area contributed by atoms with Crippen molar-refractivity contribution < 1.29 is 28.6 Å². The maximum atomic E-state index is 14.4. The molecular formula is C32H24N2O6S. The second-order valence-corrected chi connectivity index (χ2v) is 12.3. The van der Waals surface area contributed by atoms with Gasteiger partial charge in [0.2, 0.25) is 18.6 Å². The van der Waals surface area contributed by atoms with E-state index in [0.29, 0.717) is 33.4 Å². The fraction of sp³-hybridized carbons (Fsp3) is 0.312. The lowest BCUT2D eigenvalue weighted by Crippen LogP contribution is -2.42. The predicted molar refractivity (Wildman–Crippen MR) is 149 cm³/mol. The number of fused-ring (bicyclic) bond motifs is 7. The number of nitriles is 1. The Morgan fingerprint density at radius 1 is 0.951 bits per heavy atom. The van der Waals surface area contributed by atoms with E-state index in [0.717, 1.165) is 52.8 Å². The molecule has 0 bridgehead atoms. The van der Waals surface area contributed by atoms with Gasteiger partial charge in [-0.15, -0.1) is 11.3 Å². The number of allylic oxidation sites excluding steroid dienone is 1. The van der Waals surface area contributed by atoms with Gasteiger partial charge in [0, 0.05) is 16.4 Å². The highest BCUT2D eigenvalue weighted by molar-refractivity contribution is 7.17. The number of imide groups is 1. The van der Waals surface area contributed by atoms with E-state index in [1.165, 1.54) is 16.2 Å². The molecule has 9 heteroatoms. The average Bonchev–Trinajstić information content (AvgIpc) is 3.66. The van der Waals surface area contributed by atoms with Crippen molar-refractivity contribution in [3.8, 4) is 23.3 Å². The summed E-state index contributed by atoms with van der Waals surface area (Å²) in [4.78, 5) is 44.6. The van der Waals surface area contributed by atoms with Crippen LogP contribution in [0, 0.1) is 36.0 Å². The van der Waals surface area contributed by atoms with E-state index in [4.69, 9.17) is 14.2 Å². The minimum Gasteiger partial charge on any atom is -0.454 e. The highest BCUT2D eigenvalue weighted by Gasteiger charge is 2.61. The molecule has 1 fully saturated rings. The zero-order chi connectivity index (χ0) is 28.0. The number of esters is 1. The highest BCUT2D eigenvalue weighted by atomic mass is 32.1. The van der Waals surface area contributed by atoms with Gasteiger partial charge in [-0.25, -0.2) is 4.90 Å². The minimum absolute atomic E-state index is 0.114. The molecule has 41 heavy (non-hydrogen) atoms. The Bertz CT molecular complexity index is 1780. The van der Waals surface area contributed by atoms with Gasteiger partial charge in [0.15, 0.2) is 11.5 Å². The minimum atomic E-state index is -0.967. The van der Waals surface area contributed by atoms with Crippen molar-refractivity contribution in [2.45, 2.75) is 38.5 Å². The van der Waals surface area contributed by atoms with E-state index < -0.39 is 41.5 Å². The number of thiophene rings is 1. The molecule has 1 aromatic heterocycles. The van der Waals surface area contributed by atoms with E-state index in [-0.39, 0.29) is 6.79 Å². The summed E-state index contributed by atoms with van der Waals surface area (Å²) >= 11 is 1.36. The standard InChI is InChI=1S/C32H24N2O6S/c1-15-6-8-17-20-12-19(16-7-9-22-24(11-16)39-14-38-22)26-28(27(20)32(37)40-23(17)10-15)30(36)34(29(26)35)31-21(13-33)18-4-2-3-5-25(18)41-31/h6-12,19,26-28H,2-5,14H2,1H3/t19-,26-,27-,28+/m1/s1. The number of carbonyl (C=O) groups excluding carboxylic acids is 3. The van der Waals surface area contributed by atoms with Crippen LogP contribution < -0.4 is 19.1 Å². The smallest absolute Gasteiger partial charge is 0.319 e. The van der Waals surface area contributed by atoms with Crippen molar-refractivity contribution in [2.24, 2.45) is 17.8 Å². The highest BCUT2D eigenvalue weighted by Crippen LogP contribution is 2.56. The quantitative estimate of drug-likeness (QED) is 0.243. The van der Waals surface area contributed by atoms with Gasteiger partial charge in [-0.3, -0.25) is 14.4 Å². The third-order valence-corrected chi connectivity index (χ3v) is 10.3. The van der Waals surface area contributed by atoms with Crippen LogP contribution in [-0.2, 0) is 27.2 Å². The van der Waals surface area contributed by atoms with Crippen LogP contribution in [0.3, 0.4) is 0 Å². The number of aryl methyl sites for hydroxylation is 2. The molecule has 5 aliphatic rings. The lowest BCUT2D eigenvalue weighted by molar-refractivity contribution is -0.142. The SMILES string of the molecule is Cc1ccc2c(c1)OC(=O)[C@@H]1C2=C[C@H](c2ccc3c(c2)OCO3)[C@H]2C(=O)N(c3sc4c(c3C#N)CCCC4)C(=O)[C@H]12. The largest absolute Gasteiger partial charge is 0.454 e. The topological polar surface area (TPSA) is 106 Å². The van der Waals surface area contributed by atoms with Gasteiger partial charge in [-0.2, -0.15) is 5.26 Å². The summed E-state index contributed by atoms with van der Waals surface area (Å²) in [5, 5.41) is 10.5. The summed E-state index contributed by atoms with van der Waals surface area (Å²) in [6, 6.07) is 13.5. The summed E-state index contributed by atoms with van der Waals surface area (Å²) < 4.78 is 16.9. The summed E-state index contributed by atoms with van der Waals surface area (Å²) in [6.45, 7) is 2.04. The summed E-state index contributed by atoms with van der Waals surface area (Å²) in [5.74, 6) is -3.00. The number of nitrogens with zero attached hydrogens (tertiary/aromatic N) is 2. The van der Waals surface area contributed by atoms with Crippen molar-refractivity contribution in [2.75, 3.05) is 11.7 Å². The summed E-state index contributed by atoms with van der Waals surface area (Å²) in [7, 11) is 0. The van der Waals surface area contributed by atoms with Gasteiger partial charge >= 0.3 is 5.97 Å². The molecule has 204 valence electrons. The van der Waals surface area contributed by atoms with Crippen LogP contribution in [0.25, 0.3) is 5.57 Å². The molecule has 2 aliphatic carbocycles. The van der Waals surface area contributed by atoms with E-state index in [2.05, 4.69) is 6.07 Å². The van der Waals surface area contributed by atoms with Crippen LogP contribution >= 0.6 is 11.3 Å². The van der Waals surface area contributed by atoms with Crippen molar-refractivity contribution in [1.82, 2.24) is 0 Å². The Kier molecular flexibility index (Phi) is 5.23. The van der Waals surface area contributed by atoms with Gasteiger partial charge in [-0.1, -0.05) is 24.3 Å². The van der Waals surface area contributed by atoms with Crippen LogP contribution in [0.2, 0.25) is 0 Å². The number of anilines is 1. The van der Waals surface area contributed by atoms with E-state index in [9.17, 15) is 19.6 Å². The van der Waals surface area contributed by atoms with Crippen molar-refractivity contribution >= 4 is 39.7 Å². The number of hydrogen-bond donors (Lipinski definition) is 0. The monoisotopic (exact) mass is 564 g/mol. The number of amides is 2. The first-order chi connectivity index (χ1) is 19.9. The van der Waals surface area contributed by atoms with Crippen LogP contribution in [-0.4, -0.2) is 24.6 Å². The van der Waals surface area contributed by atoms with E-state index >= 15 is 0 Å². The van der Waals surface area contributed by atoms with E-state index in [1.807, 2.05) is 49.4 Å². The molecule has 4 atom stereocenters. The number of hydrogen-bond acceptors (Lipinski definition) is 8. The molecule has 0 N–H and O–H groups in total. The zero-order valence-corrected chi connectivity index (χ0v) is 23.0. The maximum absolute atomic E-state index is 14.4. The van der Waals surface area contributed by atoms with Gasteiger partial charge in [0.05, 0.1) is 23.3 Å². The second kappa shape index (κ2) is 8.79. The van der Waals surface area contributed by atoms with Crippen LogP contribution in [0.4, 0.5) is 5.00 Å². The molecule has 8 rings (SSSR count). The maximum Gasteiger partial charge on any atom is 0.319 e. The zero-order valence-electron chi connectivity index (χ0n) is 22.1. The van der Waals surface area contributed by atoms with Gasteiger partial charge < -0.3 is 14.2 Å². The second-order valence-electron chi connectivity index (χ2n) is 11.2. The van der Waals surface area contributed by atoms with Gasteiger partial charge in [0.25, 0.3) is 0 Å². The van der Waals surface area contributed by atoms with Crippen molar-refractivity contribution in [3.63, 3.8) is 0 Å². The van der Waals surface area contributed by atoms with E-state index in [1.54, 1.807) is 0 Å². The first kappa shape index (κ1) is 24.4. The number of benzene rings is 2. The first-order valence-corrected chi connectivity index (χ1v) is 14.6. The fourth-order valence-electron chi connectivity index (χ4n) is 7.14. The summed E-state index contributed by atoms with van der Waals surface area (Å²) in [6.07, 6.45) is 5.52. The first-order valence-electron chi connectivity index (χ1n) is 13.8. The van der Waals surface area contributed by atoms with Crippen molar-refractivity contribution in [1.29, 1.82) is 5.26 Å². The molecule has 1 saturated heterocycles. The average molecular weight is 565 g/mol. The molecule has 3 aliphatic heterocycles. The Labute approximate surface area is 239 Å². The van der Waals surface area contributed by atoms with Crippen LogP contribution in [0.1, 0.15) is 51.5 Å². The van der Waals surface area contributed by atoms with Crippen LogP contribution in [0.15, 0.2) is 42.5 Å². The third kappa shape index (κ3) is 3.40. The number of carbonyl (C=O) groups is 3. The molecule has 8 nitrogen and oxygen atoms in total. The number of ether oxygens (including phenoxy) is 3. The molecule has 3 aromatic rings. The Hall–Kier alpha value is -4.42. The third-order valence-electron chi connectivity index (χ3n) is 9.00. The summed E-state index contributed by atoms with van der Waals surface area (Å²) in [5.41, 5.74) is 4.52. The predicted octanol–water partition coefficient (Wildman–Crippen LogP) is 5.06. The lowest BCUT2D eigenvalue weighted by atomic mass is 9.64. The van der Waals surface area contributed by atoms with Crippen LogP contribution in [0.5, 0.6) is 17.2 Å². The molecular weight excluding hydrogens is 540 g/mol. The molecule has 0 saturated carbocycles. The molecule has 2 amide bonds. The number of rotatable bonds is 2. The molecule has 4 heterocycles. The van der Waals surface area contributed by atoms with Gasteiger partial charge in [0.1, 0.15) is 16.8 Å². The Balaban J connectivity index is 1.32. The molecule has 2 aromatic carbocycles. The molecule has 0 radical (unpaired) electrons. The molecule has 0 spiro atoms. The lowest BCUT2D eigenvalue weighted by Gasteiger charge is -2.38. The normalized spacial score (nSPS) is 25.5. The Morgan fingerprint density at radius 2 is 1.76 bits per heavy atom. The van der Waals surface area contributed by atoms with Crippen molar-refractivity contribution in [3.05, 3.63) is 75.2 Å². The molecule has 0 unspecified atom stereocenters. The van der Waals surface area contributed by atoms with Gasteiger partial charge in [-0.05, 0) is 73.1 Å².